The molecule has 3 rings (SSSR count). The van der Waals surface area contributed by atoms with Crippen molar-refractivity contribution in [2.24, 2.45) is 0 Å². The lowest BCUT2D eigenvalue weighted by atomic mass is 10.1. The topological polar surface area (TPSA) is 65.6 Å². The molecule has 1 N–H and O–H groups in total. The number of aromatic nitrogens is 1. The van der Waals surface area contributed by atoms with E-state index in [0.717, 1.165) is 18.8 Å². The van der Waals surface area contributed by atoms with Crippen LogP contribution in [0.15, 0.2) is 18.2 Å². The molecule has 1 fully saturated rings. The second-order valence-electron chi connectivity index (χ2n) is 7.06. The number of esters is 1. The van der Waals surface area contributed by atoms with Crippen LogP contribution in [0, 0.1) is 20.8 Å². The van der Waals surface area contributed by atoms with Crippen molar-refractivity contribution in [3.63, 3.8) is 0 Å². The number of anilines is 1. The Hall–Kier alpha value is -2.47. The van der Waals surface area contributed by atoms with E-state index in [1.807, 2.05) is 30.0 Å². The van der Waals surface area contributed by atoms with E-state index in [1.165, 1.54) is 5.56 Å². The minimum absolute atomic E-state index is 0.0516. The number of benzene rings is 1. The average Bonchev–Trinajstić information content (AvgIpc) is 2.98. The maximum atomic E-state index is 13.1. The summed E-state index contributed by atoms with van der Waals surface area (Å²) in [6.07, 6.45) is 0. The van der Waals surface area contributed by atoms with Crippen LogP contribution in [0.2, 0.25) is 5.02 Å². The van der Waals surface area contributed by atoms with Crippen LogP contribution in [-0.4, -0.2) is 54.5 Å². The van der Waals surface area contributed by atoms with Gasteiger partial charge in [-0.15, -0.1) is 0 Å². The second-order valence-corrected chi connectivity index (χ2v) is 7.49. The number of amides is 1. The SMILES string of the molecule is CCOC(=O)c1[nH]c(C)c(C(=O)N2CCN(c3cc(Cl)ccc3C)CC2)c1C. The van der Waals surface area contributed by atoms with Crippen LogP contribution >= 0.6 is 11.6 Å². The van der Waals surface area contributed by atoms with Crippen LogP contribution in [0.4, 0.5) is 5.69 Å². The molecule has 1 saturated heterocycles. The van der Waals surface area contributed by atoms with E-state index in [4.69, 9.17) is 16.3 Å². The van der Waals surface area contributed by atoms with Gasteiger partial charge in [0.15, 0.2) is 0 Å². The number of carbonyl (C=O) groups is 2. The third-order valence-corrected chi connectivity index (χ3v) is 5.44. The lowest BCUT2D eigenvalue weighted by Crippen LogP contribution is -2.49. The smallest absolute Gasteiger partial charge is 0.355 e. The molecule has 6 nitrogen and oxygen atoms in total. The second kappa shape index (κ2) is 8.27. The van der Waals surface area contributed by atoms with E-state index in [2.05, 4.69) is 16.8 Å². The number of rotatable bonds is 4. The number of carbonyl (C=O) groups excluding carboxylic acids is 2. The van der Waals surface area contributed by atoms with Gasteiger partial charge in [-0.2, -0.15) is 0 Å². The number of nitrogens with one attached hydrogen (secondary N) is 1. The molecule has 0 saturated carbocycles. The van der Waals surface area contributed by atoms with Gasteiger partial charge in [-0.3, -0.25) is 4.79 Å². The molecule has 150 valence electrons. The fraction of sp³-hybridized carbons (Fsp3) is 0.429. The monoisotopic (exact) mass is 403 g/mol. The van der Waals surface area contributed by atoms with E-state index < -0.39 is 5.97 Å². The molecule has 1 aliphatic heterocycles. The maximum Gasteiger partial charge on any atom is 0.355 e. The standard InChI is InChI=1S/C21H26ClN3O3/c1-5-28-21(27)19-14(3)18(15(4)23-19)20(26)25-10-8-24(9-11-25)17-12-16(22)7-6-13(17)2/h6-7,12,23H,5,8-11H2,1-4H3. The summed E-state index contributed by atoms with van der Waals surface area (Å²) >= 11 is 6.15. The highest BCUT2D eigenvalue weighted by molar-refractivity contribution is 6.30. The van der Waals surface area contributed by atoms with Crippen molar-refractivity contribution in [3.8, 4) is 0 Å². The van der Waals surface area contributed by atoms with Gasteiger partial charge in [0.1, 0.15) is 5.69 Å². The highest BCUT2D eigenvalue weighted by atomic mass is 35.5. The van der Waals surface area contributed by atoms with Crippen molar-refractivity contribution < 1.29 is 14.3 Å². The van der Waals surface area contributed by atoms with E-state index in [9.17, 15) is 9.59 Å². The first-order chi connectivity index (χ1) is 13.3. The van der Waals surface area contributed by atoms with Gasteiger partial charge >= 0.3 is 5.97 Å². The average molecular weight is 404 g/mol. The summed E-state index contributed by atoms with van der Waals surface area (Å²) < 4.78 is 5.07. The summed E-state index contributed by atoms with van der Waals surface area (Å²) in [7, 11) is 0. The zero-order valence-electron chi connectivity index (χ0n) is 16.8. The molecular formula is C21H26ClN3O3. The van der Waals surface area contributed by atoms with E-state index in [-0.39, 0.29) is 5.91 Å². The normalized spacial score (nSPS) is 14.3. The molecule has 0 spiro atoms. The minimum Gasteiger partial charge on any atom is -0.461 e. The predicted molar refractivity (Wildman–Crippen MR) is 111 cm³/mol. The largest absolute Gasteiger partial charge is 0.461 e. The van der Waals surface area contributed by atoms with Gasteiger partial charge < -0.3 is 19.5 Å². The Labute approximate surface area is 170 Å². The Kier molecular flexibility index (Phi) is 5.98. The summed E-state index contributed by atoms with van der Waals surface area (Å²) in [5.41, 5.74) is 4.54. The van der Waals surface area contributed by atoms with Crippen molar-refractivity contribution in [3.05, 3.63) is 51.3 Å². The van der Waals surface area contributed by atoms with E-state index >= 15 is 0 Å². The van der Waals surface area contributed by atoms with Crippen molar-refractivity contribution >= 4 is 29.2 Å². The Morgan fingerprint density at radius 3 is 2.46 bits per heavy atom. The number of nitrogens with zero attached hydrogens (tertiary/aromatic N) is 2. The van der Waals surface area contributed by atoms with Crippen LogP contribution in [0.1, 0.15) is 44.6 Å². The molecule has 1 amide bonds. The van der Waals surface area contributed by atoms with E-state index in [0.29, 0.717) is 47.2 Å². The summed E-state index contributed by atoms with van der Waals surface area (Å²) in [5, 5.41) is 0.712. The number of aromatic amines is 1. The van der Waals surface area contributed by atoms with Crippen molar-refractivity contribution in [2.75, 3.05) is 37.7 Å². The fourth-order valence-electron chi connectivity index (χ4n) is 3.71. The Bertz CT molecular complexity index is 899. The Morgan fingerprint density at radius 2 is 1.82 bits per heavy atom. The molecule has 2 heterocycles. The molecule has 1 aromatic heterocycles. The summed E-state index contributed by atoms with van der Waals surface area (Å²) in [5.74, 6) is -0.479. The number of ether oxygens (including phenoxy) is 1. The molecule has 1 aliphatic rings. The number of piperazine rings is 1. The highest BCUT2D eigenvalue weighted by Crippen LogP contribution is 2.26. The van der Waals surface area contributed by atoms with E-state index in [1.54, 1.807) is 13.8 Å². The van der Waals surface area contributed by atoms with Gasteiger partial charge in [-0.25, -0.2) is 4.79 Å². The molecule has 1 aromatic carbocycles. The first-order valence-electron chi connectivity index (χ1n) is 9.50. The number of aryl methyl sites for hydroxylation is 2. The van der Waals surface area contributed by atoms with Gasteiger partial charge in [0.25, 0.3) is 5.91 Å². The lowest BCUT2D eigenvalue weighted by Gasteiger charge is -2.37. The molecule has 0 unspecified atom stereocenters. The third kappa shape index (κ3) is 3.87. The third-order valence-electron chi connectivity index (χ3n) is 5.21. The molecular weight excluding hydrogens is 378 g/mol. The Balaban J connectivity index is 1.74. The Morgan fingerprint density at radius 1 is 1.14 bits per heavy atom. The summed E-state index contributed by atoms with van der Waals surface area (Å²) in [6, 6.07) is 5.87. The van der Waals surface area contributed by atoms with Crippen molar-refractivity contribution in [1.82, 2.24) is 9.88 Å². The van der Waals surface area contributed by atoms with Crippen molar-refractivity contribution in [1.29, 1.82) is 0 Å². The minimum atomic E-state index is -0.427. The first-order valence-corrected chi connectivity index (χ1v) is 9.88. The molecule has 28 heavy (non-hydrogen) atoms. The highest BCUT2D eigenvalue weighted by Gasteiger charge is 2.28. The van der Waals surface area contributed by atoms with Crippen LogP contribution < -0.4 is 4.90 Å². The van der Waals surface area contributed by atoms with Crippen LogP contribution in [0.3, 0.4) is 0 Å². The predicted octanol–water partition coefficient (Wildman–Crippen LogP) is 3.73. The zero-order chi connectivity index (χ0) is 20.4. The number of hydrogen-bond donors (Lipinski definition) is 1. The lowest BCUT2D eigenvalue weighted by molar-refractivity contribution is 0.0519. The first kappa shape index (κ1) is 20.3. The maximum absolute atomic E-state index is 13.1. The summed E-state index contributed by atoms with van der Waals surface area (Å²) in [6.45, 7) is 10.4. The van der Waals surface area contributed by atoms with Gasteiger partial charge in [0.2, 0.25) is 0 Å². The van der Waals surface area contributed by atoms with Gasteiger partial charge in [-0.05, 0) is 51.0 Å². The molecule has 0 aliphatic carbocycles. The molecule has 7 heteroatoms. The fourth-order valence-corrected chi connectivity index (χ4v) is 3.88. The van der Waals surface area contributed by atoms with Crippen LogP contribution in [-0.2, 0) is 4.74 Å². The summed E-state index contributed by atoms with van der Waals surface area (Å²) in [4.78, 5) is 32.3. The molecule has 0 bridgehead atoms. The molecule has 0 atom stereocenters. The number of hydrogen-bond acceptors (Lipinski definition) is 4. The van der Waals surface area contributed by atoms with Gasteiger partial charge in [-0.1, -0.05) is 17.7 Å². The number of halogens is 1. The van der Waals surface area contributed by atoms with Gasteiger partial charge in [0.05, 0.1) is 12.2 Å². The van der Waals surface area contributed by atoms with Crippen LogP contribution in [0.25, 0.3) is 0 Å². The van der Waals surface area contributed by atoms with Gasteiger partial charge in [0, 0.05) is 42.6 Å². The molecule has 2 aromatic rings. The molecule has 0 radical (unpaired) electrons. The zero-order valence-corrected chi connectivity index (χ0v) is 17.5. The quantitative estimate of drug-likeness (QED) is 0.790. The van der Waals surface area contributed by atoms with Crippen molar-refractivity contribution in [2.45, 2.75) is 27.7 Å². The van der Waals surface area contributed by atoms with Crippen LogP contribution in [0.5, 0.6) is 0 Å². The number of H-pyrrole nitrogens is 1.